The number of nitrogens with zero attached hydrogens (tertiary/aromatic N) is 1. The van der Waals surface area contributed by atoms with Crippen LogP contribution in [0.2, 0.25) is 0 Å². The van der Waals surface area contributed by atoms with Gasteiger partial charge in [0.2, 0.25) is 11.8 Å². The number of imide groups is 1. The molecule has 1 aromatic carbocycles. The van der Waals surface area contributed by atoms with E-state index >= 15 is 0 Å². The number of rotatable bonds is 16. The van der Waals surface area contributed by atoms with Crippen LogP contribution >= 0.6 is 22.6 Å². The van der Waals surface area contributed by atoms with Crippen LogP contribution in [0.4, 0.5) is 0 Å². The fourth-order valence-electron chi connectivity index (χ4n) is 3.83. The second kappa shape index (κ2) is 15.0. The lowest BCUT2D eigenvalue weighted by atomic mass is 10.0. The molecule has 0 aliphatic carbocycles. The minimum atomic E-state index is -1.36. The van der Waals surface area contributed by atoms with E-state index in [4.69, 9.17) is 18.9 Å². The molecule has 1 aromatic rings. The van der Waals surface area contributed by atoms with Crippen molar-refractivity contribution in [2.75, 3.05) is 63.0 Å². The Labute approximate surface area is 221 Å². The third-order valence-corrected chi connectivity index (χ3v) is 7.39. The highest BCUT2D eigenvalue weighted by Crippen LogP contribution is 2.31. The number of piperidine rings is 1. The quantitative estimate of drug-likeness (QED) is 0.126. The van der Waals surface area contributed by atoms with Crippen LogP contribution < -0.4 is 5.32 Å². The van der Waals surface area contributed by atoms with Gasteiger partial charge in [0.1, 0.15) is 6.04 Å². The van der Waals surface area contributed by atoms with Crippen molar-refractivity contribution in [2.24, 2.45) is 0 Å². The lowest BCUT2D eigenvalue weighted by Gasteiger charge is -2.29. The topological polar surface area (TPSA) is 120 Å². The molecule has 2 atom stereocenters. The molecule has 0 aromatic heterocycles. The zero-order valence-corrected chi connectivity index (χ0v) is 22.5. The SMILES string of the molecule is O=C1CCC(N2Cc3c(cccc3S(=O)CCOCCOCCOCCOCCI)C2=O)C(=O)N1. The number of carbonyl (C=O) groups is 3. The highest BCUT2D eigenvalue weighted by molar-refractivity contribution is 14.1. The summed E-state index contributed by atoms with van der Waals surface area (Å²) in [5.41, 5.74) is 1.12. The smallest absolute Gasteiger partial charge is 0.255 e. The number of amides is 3. The van der Waals surface area contributed by atoms with Crippen LogP contribution in [0.5, 0.6) is 0 Å². The zero-order valence-electron chi connectivity index (χ0n) is 19.5. The first-order valence-corrected chi connectivity index (χ1v) is 14.4. The van der Waals surface area contributed by atoms with E-state index in [1.165, 1.54) is 4.90 Å². The van der Waals surface area contributed by atoms with Gasteiger partial charge in [0.15, 0.2) is 0 Å². The average molecular weight is 622 g/mol. The van der Waals surface area contributed by atoms with Gasteiger partial charge < -0.3 is 23.8 Å². The molecule has 0 radical (unpaired) electrons. The zero-order chi connectivity index (χ0) is 25.0. The monoisotopic (exact) mass is 622 g/mol. The van der Waals surface area contributed by atoms with E-state index in [0.29, 0.717) is 55.7 Å². The lowest BCUT2D eigenvalue weighted by Crippen LogP contribution is -2.52. The third kappa shape index (κ3) is 8.29. The molecule has 2 heterocycles. The van der Waals surface area contributed by atoms with Gasteiger partial charge in [-0.2, -0.15) is 0 Å². The lowest BCUT2D eigenvalue weighted by molar-refractivity contribution is -0.136. The summed E-state index contributed by atoms with van der Waals surface area (Å²) in [7, 11) is -1.36. The third-order valence-electron chi connectivity index (χ3n) is 5.53. The number of hydrogen-bond donors (Lipinski definition) is 1. The first-order chi connectivity index (χ1) is 17.0. The van der Waals surface area contributed by atoms with Crippen molar-refractivity contribution in [2.45, 2.75) is 30.3 Å². The fraction of sp³-hybridized carbons (Fsp3) is 0.609. The average Bonchev–Trinajstić information content (AvgIpc) is 3.18. The van der Waals surface area contributed by atoms with Crippen LogP contribution in [0, 0.1) is 0 Å². The minimum Gasteiger partial charge on any atom is -0.378 e. The minimum absolute atomic E-state index is 0.192. The highest BCUT2D eigenvalue weighted by Gasteiger charge is 2.40. The number of ether oxygens (including phenoxy) is 4. The van der Waals surface area contributed by atoms with Gasteiger partial charge in [-0.1, -0.05) is 28.7 Å². The normalized spacial score (nSPS) is 18.6. The molecular weight excluding hydrogens is 591 g/mol. The largest absolute Gasteiger partial charge is 0.378 e. The first kappa shape index (κ1) is 28.1. The van der Waals surface area contributed by atoms with E-state index in [2.05, 4.69) is 27.9 Å². The highest BCUT2D eigenvalue weighted by atomic mass is 127. The van der Waals surface area contributed by atoms with Gasteiger partial charge in [0, 0.05) is 33.4 Å². The van der Waals surface area contributed by atoms with Crippen molar-refractivity contribution in [1.82, 2.24) is 10.2 Å². The summed E-state index contributed by atoms with van der Waals surface area (Å²) >= 11 is 2.25. The van der Waals surface area contributed by atoms with E-state index in [-0.39, 0.29) is 43.6 Å². The number of alkyl halides is 1. The molecule has 10 nitrogen and oxygen atoms in total. The summed E-state index contributed by atoms with van der Waals surface area (Å²) in [4.78, 5) is 38.6. The molecule has 1 N–H and O–H groups in total. The molecule has 3 rings (SSSR count). The number of carbonyl (C=O) groups excluding carboxylic acids is 3. The number of halogens is 1. The second-order valence-electron chi connectivity index (χ2n) is 7.87. The van der Waals surface area contributed by atoms with E-state index < -0.39 is 22.7 Å². The molecule has 0 saturated carbocycles. The Balaban J connectivity index is 1.36. The summed E-state index contributed by atoms with van der Waals surface area (Å²) in [6, 6.07) is 4.42. The van der Waals surface area contributed by atoms with E-state index in [1.807, 2.05) is 0 Å². The van der Waals surface area contributed by atoms with Crippen LogP contribution in [0.3, 0.4) is 0 Å². The maximum atomic E-state index is 12.9. The molecule has 12 heteroatoms. The molecule has 2 unspecified atom stereocenters. The Hall–Kier alpha value is -1.45. The molecule has 2 aliphatic rings. The number of fused-ring (bicyclic) bond motifs is 1. The van der Waals surface area contributed by atoms with E-state index in [9.17, 15) is 18.6 Å². The second-order valence-corrected chi connectivity index (χ2v) is 10.5. The van der Waals surface area contributed by atoms with Gasteiger partial charge in [-0.15, -0.1) is 0 Å². The summed E-state index contributed by atoms with van der Waals surface area (Å²) in [6.45, 7) is 4.09. The number of hydrogen-bond acceptors (Lipinski definition) is 8. The van der Waals surface area contributed by atoms with E-state index in [0.717, 1.165) is 11.0 Å². The maximum Gasteiger partial charge on any atom is 0.255 e. The Kier molecular flexibility index (Phi) is 12.0. The maximum absolute atomic E-state index is 12.9. The predicted molar refractivity (Wildman–Crippen MR) is 136 cm³/mol. The van der Waals surface area contributed by atoms with Gasteiger partial charge in [0.05, 0.1) is 69.4 Å². The van der Waals surface area contributed by atoms with Gasteiger partial charge in [-0.3, -0.25) is 23.9 Å². The summed E-state index contributed by atoms with van der Waals surface area (Å²) in [6.07, 6.45) is 0.481. The van der Waals surface area contributed by atoms with Crippen molar-refractivity contribution in [1.29, 1.82) is 0 Å². The first-order valence-electron chi connectivity index (χ1n) is 11.5. The Morgan fingerprint density at radius 1 is 0.943 bits per heavy atom. The van der Waals surface area contributed by atoms with Crippen molar-refractivity contribution < 1.29 is 37.5 Å². The van der Waals surface area contributed by atoms with Gasteiger partial charge in [-0.25, -0.2) is 0 Å². The molecule has 2 aliphatic heterocycles. The standard InChI is InChI=1S/C23H31IN2O8S/c24-6-7-31-8-9-32-10-11-33-12-13-34-14-15-35(30)20-3-1-2-17-18(20)16-26(23(17)29)19-4-5-21(27)25-22(19)28/h1-3,19H,4-16H2,(H,25,27,28). The van der Waals surface area contributed by atoms with Crippen LogP contribution in [0.25, 0.3) is 0 Å². The van der Waals surface area contributed by atoms with Crippen molar-refractivity contribution >= 4 is 51.1 Å². The van der Waals surface area contributed by atoms with Crippen molar-refractivity contribution in [3.63, 3.8) is 0 Å². The van der Waals surface area contributed by atoms with Gasteiger partial charge in [-0.05, 0) is 18.6 Å². The van der Waals surface area contributed by atoms with Crippen molar-refractivity contribution in [3.8, 4) is 0 Å². The fourth-order valence-corrected chi connectivity index (χ4v) is 5.31. The van der Waals surface area contributed by atoms with Crippen LogP contribution in [0.15, 0.2) is 23.1 Å². The van der Waals surface area contributed by atoms with Crippen LogP contribution in [-0.4, -0.2) is 95.9 Å². The van der Waals surface area contributed by atoms with Crippen LogP contribution in [-0.2, 0) is 45.9 Å². The van der Waals surface area contributed by atoms with Gasteiger partial charge >= 0.3 is 0 Å². The number of benzene rings is 1. The molecule has 1 saturated heterocycles. The predicted octanol–water partition coefficient (Wildman–Crippen LogP) is 1.06. The molecular formula is C23H31IN2O8S. The molecule has 194 valence electrons. The Morgan fingerprint density at radius 2 is 1.57 bits per heavy atom. The summed E-state index contributed by atoms with van der Waals surface area (Å²) in [5.74, 6) is -0.792. The molecule has 35 heavy (non-hydrogen) atoms. The molecule has 0 spiro atoms. The Bertz CT molecular complexity index is 916. The molecule has 3 amide bonds. The summed E-state index contributed by atoms with van der Waals surface area (Å²) in [5, 5.41) is 2.29. The molecule has 0 bridgehead atoms. The van der Waals surface area contributed by atoms with Gasteiger partial charge in [0.25, 0.3) is 5.91 Å². The summed E-state index contributed by atoms with van der Waals surface area (Å²) < 4.78 is 35.6. The number of nitrogens with one attached hydrogen (secondary N) is 1. The molecule has 1 fully saturated rings. The Morgan fingerprint density at radius 3 is 2.20 bits per heavy atom. The van der Waals surface area contributed by atoms with Crippen LogP contribution in [0.1, 0.15) is 28.8 Å². The van der Waals surface area contributed by atoms with E-state index in [1.54, 1.807) is 18.2 Å². The van der Waals surface area contributed by atoms with Crippen molar-refractivity contribution in [3.05, 3.63) is 29.3 Å².